The number of benzene rings is 2. The van der Waals surface area contributed by atoms with Gasteiger partial charge in [0.05, 0.1) is 13.2 Å². The SMILES string of the molecule is Cc1ccccc1C(CO)(CO)Cc1ccc(F)cc1Cl. The highest BCUT2D eigenvalue weighted by molar-refractivity contribution is 6.31. The van der Waals surface area contributed by atoms with Crippen LogP contribution in [0.2, 0.25) is 5.02 Å². The topological polar surface area (TPSA) is 40.5 Å². The summed E-state index contributed by atoms with van der Waals surface area (Å²) in [5.74, 6) is -0.404. The maximum absolute atomic E-state index is 13.1. The van der Waals surface area contributed by atoms with E-state index in [9.17, 15) is 14.6 Å². The van der Waals surface area contributed by atoms with Crippen LogP contribution in [-0.2, 0) is 11.8 Å². The quantitative estimate of drug-likeness (QED) is 0.890. The zero-order valence-corrected chi connectivity index (χ0v) is 12.6. The molecule has 2 nitrogen and oxygen atoms in total. The van der Waals surface area contributed by atoms with Gasteiger partial charge in [-0.3, -0.25) is 0 Å². The number of aliphatic hydroxyl groups is 2. The minimum atomic E-state index is -0.840. The first-order valence-electron chi connectivity index (χ1n) is 6.74. The molecule has 0 aliphatic rings. The van der Waals surface area contributed by atoms with Crippen LogP contribution in [0.3, 0.4) is 0 Å². The van der Waals surface area contributed by atoms with Crippen molar-refractivity contribution in [1.82, 2.24) is 0 Å². The highest BCUT2D eigenvalue weighted by atomic mass is 35.5. The van der Waals surface area contributed by atoms with Gasteiger partial charge < -0.3 is 10.2 Å². The van der Waals surface area contributed by atoms with Crippen molar-refractivity contribution in [3.63, 3.8) is 0 Å². The molecule has 0 aliphatic carbocycles. The van der Waals surface area contributed by atoms with Gasteiger partial charge in [0.2, 0.25) is 0 Å². The Morgan fingerprint density at radius 1 is 1.10 bits per heavy atom. The van der Waals surface area contributed by atoms with Crippen LogP contribution in [-0.4, -0.2) is 23.4 Å². The summed E-state index contributed by atoms with van der Waals surface area (Å²) in [7, 11) is 0. The van der Waals surface area contributed by atoms with Crippen molar-refractivity contribution < 1.29 is 14.6 Å². The molecule has 0 fully saturated rings. The Hall–Kier alpha value is -1.42. The lowest BCUT2D eigenvalue weighted by Crippen LogP contribution is -2.38. The van der Waals surface area contributed by atoms with Gasteiger partial charge in [0.15, 0.2) is 0 Å². The van der Waals surface area contributed by atoms with Gasteiger partial charge in [-0.15, -0.1) is 0 Å². The molecule has 0 amide bonds. The van der Waals surface area contributed by atoms with Gasteiger partial charge >= 0.3 is 0 Å². The lowest BCUT2D eigenvalue weighted by atomic mass is 9.75. The van der Waals surface area contributed by atoms with Crippen LogP contribution in [0.5, 0.6) is 0 Å². The second-order valence-electron chi connectivity index (χ2n) is 5.32. The molecule has 0 atom stereocenters. The molecule has 2 rings (SSSR count). The molecule has 0 unspecified atom stereocenters. The van der Waals surface area contributed by atoms with E-state index < -0.39 is 11.2 Å². The molecule has 2 aromatic rings. The van der Waals surface area contributed by atoms with Gasteiger partial charge in [-0.05, 0) is 42.2 Å². The van der Waals surface area contributed by atoms with E-state index in [0.29, 0.717) is 17.0 Å². The van der Waals surface area contributed by atoms with Crippen molar-refractivity contribution in [1.29, 1.82) is 0 Å². The van der Waals surface area contributed by atoms with Crippen molar-refractivity contribution in [3.8, 4) is 0 Å². The first-order chi connectivity index (χ1) is 10.0. The molecule has 0 aromatic heterocycles. The largest absolute Gasteiger partial charge is 0.395 e. The predicted molar refractivity (Wildman–Crippen MR) is 82.1 cm³/mol. The van der Waals surface area contributed by atoms with Gasteiger partial charge in [0.25, 0.3) is 0 Å². The number of hydrogen-bond donors (Lipinski definition) is 2. The number of aryl methyl sites for hydroxylation is 1. The number of aliphatic hydroxyl groups excluding tert-OH is 2. The maximum Gasteiger partial charge on any atom is 0.124 e. The zero-order chi connectivity index (χ0) is 15.5. The Bertz CT molecular complexity index is 624. The van der Waals surface area contributed by atoms with E-state index in [1.807, 2.05) is 31.2 Å². The second kappa shape index (κ2) is 6.56. The first kappa shape index (κ1) is 16.0. The highest BCUT2D eigenvalue weighted by Crippen LogP contribution is 2.32. The van der Waals surface area contributed by atoms with Crippen molar-refractivity contribution >= 4 is 11.6 Å². The van der Waals surface area contributed by atoms with Crippen LogP contribution >= 0.6 is 11.6 Å². The molecule has 0 bridgehead atoms. The molecule has 112 valence electrons. The summed E-state index contributed by atoms with van der Waals surface area (Å²) in [5.41, 5.74) is 1.71. The summed E-state index contributed by atoms with van der Waals surface area (Å²) >= 11 is 6.07. The van der Waals surface area contributed by atoms with E-state index in [-0.39, 0.29) is 13.2 Å². The summed E-state index contributed by atoms with van der Waals surface area (Å²) in [5, 5.41) is 20.1. The van der Waals surface area contributed by atoms with E-state index >= 15 is 0 Å². The number of hydrogen-bond acceptors (Lipinski definition) is 2. The Kier molecular flexibility index (Phi) is 4.99. The normalized spacial score (nSPS) is 11.7. The molecular weight excluding hydrogens is 291 g/mol. The van der Waals surface area contributed by atoms with Gasteiger partial charge in [-0.1, -0.05) is 41.9 Å². The van der Waals surface area contributed by atoms with Crippen LogP contribution in [0.25, 0.3) is 0 Å². The molecular formula is C17H18ClFO2. The van der Waals surface area contributed by atoms with Gasteiger partial charge in [0.1, 0.15) is 5.82 Å². The fourth-order valence-corrected chi connectivity index (χ4v) is 2.86. The lowest BCUT2D eigenvalue weighted by Gasteiger charge is -2.32. The summed E-state index contributed by atoms with van der Waals surface area (Å²) in [6.07, 6.45) is 0.337. The summed E-state index contributed by atoms with van der Waals surface area (Å²) in [6, 6.07) is 11.8. The second-order valence-corrected chi connectivity index (χ2v) is 5.73. The number of rotatable bonds is 5. The number of halogens is 2. The third-order valence-electron chi connectivity index (χ3n) is 3.87. The van der Waals surface area contributed by atoms with Crippen LogP contribution < -0.4 is 0 Å². The van der Waals surface area contributed by atoms with E-state index in [2.05, 4.69) is 0 Å². The van der Waals surface area contributed by atoms with Crippen molar-refractivity contribution in [3.05, 3.63) is 70.0 Å². The zero-order valence-electron chi connectivity index (χ0n) is 11.8. The minimum absolute atomic E-state index is 0.220. The summed E-state index contributed by atoms with van der Waals surface area (Å²) in [4.78, 5) is 0. The molecule has 2 N–H and O–H groups in total. The standard InChI is InChI=1S/C17H18ClFO2/c1-12-4-2-3-5-15(12)17(10-20,11-21)9-13-6-7-14(19)8-16(13)18/h2-8,20-21H,9-11H2,1H3. The van der Waals surface area contributed by atoms with Crippen molar-refractivity contribution in [2.45, 2.75) is 18.8 Å². The van der Waals surface area contributed by atoms with E-state index in [0.717, 1.165) is 11.1 Å². The predicted octanol–water partition coefficient (Wildman–Crippen LogP) is 3.25. The van der Waals surface area contributed by atoms with Crippen molar-refractivity contribution in [2.24, 2.45) is 0 Å². The molecule has 0 radical (unpaired) electrons. The van der Waals surface area contributed by atoms with Crippen molar-refractivity contribution in [2.75, 3.05) is 13.2 Å². The maximum atomic E-state index is 13.1. The lowest BCUT2D eigenvalue weighted by molar-refractivity contribution is 0.116. The van der Waals surface area contributed by atoms with Gasteiger partial charge in [0, 0.05) is 10.4 Å². The Morgan fingerprint density at radius 2 is 1.76 bits per heavy atom. The summed E-state index contributed by atoms with van der Waals surface area (Å²) < 4.78 is 13.1. The molecule has 2 aromatic carbocycles. The van der Waals surface area contributed by atoms with Crippen LogP contribution in [0.15, 0.2) is 42.5 Å². The average molecular weight is 309 g/mol. The average Bonchev–Trinajstić information content (AvgIpc) is 2.48. The van der Waals surface area contributed by atoms with E-state index in [1.54, 1.807) is 6.07 Å². The summed E-state index contributed by atoms with van der Waals surface area (Å²) in [6.45, 7) is 1.49. The molecule has 0 saturated heterocycles. The molecule has 0 heterocycles. The van der Waals surface area contributed by atoms with Gasteiger partial charge in [-0.25, -0.2) is 4.39 Å². The molecule has 0 aliphatic heterocycles. The van der Waals surface area contributed by atoms with Crippen LogP contribution in [0.4, 0.5) is 4.39 Å². The highest BCUT2D eigenvalue weighted by Gasteiger charge is 2.33. The third kappa shape index (κ3) is 3.26. The van der Waals surface area contributed by atoms with E-state index in [1.165, 1.54) is 12.1 Å². The Morgan fingerprint density at radius 3 is 2.33 bits per heavy atom. The molecule has 21 heavy (non-hydrogen) atoms. The van der Waals surface area contributed by atoms with Crippen LogP contribution in [0, 0.1) is 12.7 Å². The van der Waals surface area contributed by atoms with Crippen LogP contribution in [0.1, 0.15) is 16.7 Å². The smallest absolute Gasteiger partial charge is 0.124 e. The molecule has 4 heteroatoms. The molecule has 0 spiro atoms. The fraction of sp³-hybridized carbons (Fsp3) is 0.294. The van der Waals surface area contributed by atoms with E-state index in [4.69, 9.17) is 11.6 Å². The molecule has 0 saturated carbocycles. The Labute approximate surface area is 128 Å². The van der Waals surface area contributed by atoms with Gasteiger partial charge in [-0.2, -0.15) is 0 Å². The fourth-order valence-electron chi connectivity index (χ4n) is 2.62. The Balaban J connectivity index is 2.46. The minimum Gasteiger partial charge on any atom is -0.395 e. The monoisotopic (exact) mass is 308 g/mol. The third-order valence-corrected chi connectivity index (χ3v) is 4.22. The first-order valence-corrected chi connectivity index (χ1v) is 7.12.